The molecule has 0 unspecified atom stereocenters. The Morgan fingerprint density at radius 1 is 1.35 bits per heavy atom. The summed E-state index contributed by atoms with van der Waals surface area (Å²) < 4.78 is 38.6. The first kappa shape index (κ1) is 16.3. The summed E-state index contributed by atoms with van der Waals surface area (Å²) in [7, 11) is 5.19. The van der Waals surface area contributed by atoms with E-state index in [0.717, 1.165) is 12.1 Å². The van der Waals surface area contributed by atoms with Crippen LogP contribution in [0.2, 0.25) is 0 Å². The van der Waals surface area contributed by atoms with E-state index in [1.165, 1.54) is 0 Å². The van der Waals surface area contributed by atoms with E-state index >= 15 is 0 Å². The van der Waals surface area contributed by atoms with Gasteiger partial charge in [0.25, 0.3) is 5.91 Å². The number of anilines is 1. The van der Waals surface area contributed by atoms with Crippen LogP contribution in [0, 0.1) is 0 Å². The first-order valence-corrected chi connectivity index (χ1v) is 6.03. The lowest BCUT2D eigenvalue weighted by Crippen LogP contribution is -2.20. The van der Waals surface area contributed by atoms with E-state index in [1.54, 1.807) is 7.05 Å². The van der Waals surface area contributed by atoms with Gasteiger partial charge >= 0.3 is 6.18 Å². The van der Waals surface area contributed by atoms with Crippen LogP contribution in [0.15, 0.2) is 12.1 Å². The number of hydrogen-bond acceptors (Lipinski definition) is 3. The summed E-state index contributed by atoms with van der Waals surface area (Å²) in [5.41, 5.74) is 4.94. The topological polar surface area (TPSA) is 58.4 Å². The number of nitrogens with zero attached hydrogens (tertiary/aromatic N) is 1. The van der Waals surface area contributed by atoms with Crippen molar-refractivity contribution in [3.05, 3.63) is 28.8 Å². The molecule has 0 bridgehead atoms. The standard InChI is InChI=1S/C13H18F3N3O/c1-18-11-8(4-5-19(2)3)6-9(13(14,15)16)7-10(11)12(17)20/h6-7,18H,4-5H2,1-3H3,(H2,17,20). The van der Waals surface area contributed by atoms with Gasteiger partial charge in [-0.05, 0) is 38.2 Å². The normalized spacial score (nSPS) is 11.8. The van der Waals surface area contributed by atoms with Crippen molar-refractivity contribution in [1.82, 2.24) is 4.90 Å². The van der Waals surface area contributed by atoms with Crippen LogP contribution in [-0.2, 0) is 12.6 Å². The van der Waals surface area contributed by atoms with Crippen molar-refractivity contribution in [2.24, 2.45) is 5.73 Å². The van der Waals surface area contributed by atoms with Crippen LogP contribution in [-0.4, -0.2) is 38.5 Å². The number of alkyl halides is 3. The van der Waals surface area contributed by atoms with E-state index < -0.39 is 17.6 Å². The van der Waals surface area contributed by atoms with Crippen LogP contribution in [0.25, 0.3) is 0 Å². The number of rotatable bonds is 5. The Balaban J connectivity index is 3.37. The highest BCUT2D eigenvalue weighted by Crippen LogP contribution is 2.34. The number of halogens is 3. The average molecular weight is 289 g/mol. The zero-order chi connectivity index (χ0) is 15.5. The van der Waals surface area contributed by atoms with Gasteiger partial charge in [0.15, 0.2) is 0 Å². The van der Waals surface area contributed by atoms with Crippen molar-refractivity contribution < 1.29 is 18.0 Å². The third-order valence-electron chi connectivity index (χ3n) is 2.89. The van der Waals surface area contributed by atoms with E-state index in [9.17, 15) is 18.0 Å². The van der Waals surface area contributed by atoms with Crippen molar-refractivity contribution in [3.63, 3.8) is 0 Å². The minimum Gasteiger partial charge on any atom is -0.387 e. The number of likely N-dealkylation sites (N-methyl/N-ethyl adjacent to an activating group) is 1. The average Bonchev–Trinajstić information content (AvgIpc) is 2.33. The zero-order valence-corrected chi connectivity index (χ0v) is 11.6. The van der Waals surface area contributed by atoms with Crippen LogP contribution in [0.5, 0.6) is 0 Å². The molecule has 0 saturated carbocycles. The lowest BCUT2D eigenvalue weighted by molar-refractivity contribution is -0.137. The fraction of sp³-hybridized carbons (Fsp3) is 0.462. The molecule has 0 aromatic heterocycles. The molecule has 0 aliphatic heterocycles. The number of amides is 1. The fourth-order valence-corrected chi connectivity index (χ4v) is 1.90. The van der Waals surface area contributed by atoms with Crippen LogP contribution in [0.3, 0.4) is 0 Å². The maximum absolute atomic E-state index is 12.9. The molecule has 3 N–H and O–H groups in total. The largest absolute Gasteiger partial charge is 0.416 e. The van der Waals surface area contributed by atoms with Crippen molar-refractivity contribution in [3.8, 4) is 0 Å². The predicted molar refractivity (Wildman–Crippen MR) is 71.8 cm³/mol. The maximum Gasteiger partial charge on any atom is 0.416 e. The molecule has 0 saturated heterocycles. The summed E-state index contributed by atoms with van der Waals surface area (Å²) in [4.78, 5) is 13.2. The maximum atomic E-state index is 12.9. The Hall–Kier alpha value is -1.76. The summed E-state index contributed by atoms with van der Waals surface area (Å²) in [5.74, 6) is -0.883. The van der Waals surface area contributed by atoms with Crippen molar-refractivity contribution >= 4 is 11.6 Å². The molecule has 1 aromatic rings. The van der Waals surface area contributed by atoms with Crippen molar-refractivity contribution in [1.29, 1.82) is 0 Å². The third-order valence-corrected chi connectivity index (χ3v) is 2.89. The van der Waals surface area contributed by atoms with E-state index in [0.29, 0.717) is 24.2 Å². The molecule has 1 aromatic carbocycles. The number of benzene rings is 1. The second kappa shape index (κ2) is 6.13. The van der Waals surface area contributed by atoms with Crippen LogP contribution in [0.1, 0.15) is 21.5 Å². The van der Waals surface area contributed by atoms with Gasteiger partial charge < -0.3 is 16.0 Å². The van der Waals surface area contributed by atoms with Gasteiger partial charge in [-0.2, -0.15) is 13.2 Å². The van der Waals surface area contributed by atoms with E-state index in [-0.39, 0.29) is 5.56 Å². The molecule has 1 amide bonds. The van der Waals surface area contributed by atoms with E-state index in [2.05, 4.69) is 5.32 Å². The first-order valence-electron chi connectivity index (χ1n) is 6.03. The van der Waals surface area contributed by atoms with Gasteiger partial charge in [0.1, 0.15) is 0 Å². The zero-order valence-electron chi connectivity index (χ0n) is 11.6. The van der Waals surface area contributed by atoms with Gasteiger partial charge in [-0.1, -0.05) is 0 Å². The molecule has 1 rings (SSSR count). The molecule has 0 spiro atoms. The van der Waals surface area contributed by atoms with Crippen LogP contribution in [0.4, 0.5) is 18.9 Å². The summed E-state index contributed by atoms with van der Waals surface area (Å²) in [6.07, 6.45) is -4.13. The predicted octanol–water partition coefficient (Wildman–Crippen LogP) is 1.95. The van der Waals surface area contributed by atoms with Crippen molar-refractivity contribution in [2.75, 3.05) is 33.0 Å². The minimum absolute atomic E-state index is 0.143. The van der Waals surface area contributed by atoms with Crippen LogP contribution < -0.4 is 11.1 Å². The van der Waals surface area contributed by atoms with Gasteiger partial charge in [0.05, 0.1) is 11.1 Å². The molecule has 0 aliphatic rings. The Bertz CT molecular complexity index is 498. The molecule has 112 valence electrons. The van der Waals surface area contributed by atoms with Crippen molar-refractivity contribution in [2.45, 2.75) is 12.6 Å². The van der Waals surface area contributed by atoms with Gasteiger partial charge in [0, 0.05) is 19.3 Å². The lowest BCUT2D eigenvalue weighted by Gasteiger charge is -2.18. The number of hydrogen-bond donors (Lipinski definition) is 2. The number of primary amides is 1. The second-order valence-corrected chi connectivity index (χ2v) is 4.72. The minimum atomic E-state index is -4.51. The number of nitrogens with one attached hydrogen (secondary N) is 1. The SMILES string of the molecule is CNc1c(CCN(C)C)cc(C(F)(F)F)cc1C(N)=O. The quantitative estimate of drug-likeness (QED) is 0.871. The van der Waals surface area contributed by atoms with Crippen LogP contribution >= 0.6 is 0 Å². The molecular formula is C13H18F3N3O. The lowest BCUT2D eigenvalue weighted by atomic mass is 9.99. The Labute approximate surface area is 115 Å². The molecule has 4 nitrogen and oxygen atoms in total. The van der Waals surface area contributed by atoms with Gasteiger partial charge in [0.2, 0.25) is 0 Å². The summed E-state index contributed by atoms with van der Waals surface area (Å²) in [6, 6.07) is 1.84. The number of nitrogens with two attached hydrogens (primary N) is 1. The fourth-order valence-electron chi connectivity index (χ4n) is 1.90. The first-order chi connectivity index (χ1) is 9.16. The summed E-state index contributed by atoms with van der Waals surface area (Å²) in [5, 5.41) is 2.76. The van der Waals surface area contributed by atoms with Gasteiger partial charge in [-0.15, -0.1) is 0 Å². The highest BCUT2D eigenvalue weighted by Gasteiger charge is 2.32. The Morgan fingerprint density at radius 2 is 1.95 bits per heavy atom. The highest BCUT2D eigenvalue weighted by atomic mass is 19.4. The van der Waals surface area contributed by atoms with Gasteiger partial charge in [-0.3, -0.25) is 4.79 Å². The molecule has 7 heteroatoms. The molecule has 0 fully saturated rings. The third kappa shape index (κ3) is 3.86. The Kier molecular flexibility index (Phi) is 4.99. The second-order valence-electron chi connectivity index (χ2n) is 4.72. The molecule has 20 heavy (non-hydrogen) atoms. The Morgan fingerprint density at radius 3 is 2.35 bits per heavy atom. The highest BCUT2D eigenvalue weighted by molar-refractivity contribution is 5.99. The molecule has 0 radical (unpaired) electrons. The van der Waals surface area contributed by atoms with E-state index in [4.69, 9.17) is 5.73 Å². The smallest absolute Gasteiger partial charge is 0.387 e. The monoisotopic (exact) mass is 289 g/mol. The van der Waals surface area contributed by atoms with Gasteiger partial charge in [-0.25, -0.2) is 0 Å². The summed E-state index contributed by atoms with van der Waals surface area (Å²) >= 11 is 0. The van der Waals surface area contributed by atoms with E-state index in [1.807, 2.05) is 19.0 Å². The molecule has 0 aliphatic carbocycles. The number of carbonyl (C=O) groups is 1. The molecular weight excluding hydrogens is 271 g/mol. The summed E-state index contributed by atoms with van der Waals surface area (Å²) in [6.45, 7) is 0.564. The number of carbonyl (C=O) groups excluding carboxylic acids is 1. The molecule has 0 heterocycles. The molecule has 0 atom stereocenters.